The van der Waals surface area contributed by atoms with E-state index in [9.17, 15) is 0 Å². The van der Waals surface area contributed by atoms with Crippen molar-refractivity contribution in [1.29, 1.82) is 0 Å². The molecule has 0 aromatic heterocycles. The van der Waals surface area contributed by atoms with Crippen molar-refractivity contribution >= 4 is 0 Å². The van der Waals surface area contributed by atoms with E-state index in [1.165, 1.54) is 6.42 Å². The van der Waals surface area contributed by atoms with Crippen LogP contribution in [-0.2, 0) is 4.74 Å². The van der Waals surface area contributed by atoms with Crippen LogP contribution in [0.4, 0.5) is 0 Å². The standard InChI is InChI=1S/C9H14O/c1-10-8-4-7-9-5-2-3-6-9/h2-3,5-6,9H,4,7-8H2,1H3. The lowest BCUT2D eigenvalue weighted by Crippen LogP contribution is -1.93. The lowest BCUT2D eigenvalue weighted by molar-refractivity contribution is 0.191. The summed E-state index contributed by atoms with van der Waals surface area (Å²) in [7, 11) is 1.75. The van der Waals surface area contributed by atoms with Crippen LogP contribution in [-0.4, -0.2) is 13.7 Å². The van der Waals surface area contributed by atoms with Crippen molar-refractivity contribution < 1.29 is 4.74 Å². The van der Waals surface area contributed by atoms with Crippen LogP contribution in [0, 0.1) is 5.92 Å². The quantitative estimate of drug-likeness (QED) is 0.541. The summed E-state index contributed by atoms with van der Waals surface area (Å²) < 4.78 is 4.95. The summed E-state index contributed by atoms with van der Waals surface area (Å²) in [4.78, 5) is 0. The minimum Gasteiger partial charge on any atom is -0.385 e. The monoisotopic (exact) mass is 138 g/mol. The predicted octanol–water partition coefficient (Wildman–Crippen LogP) is 2.16. The van der Waals surface area contributed by atoms with Crippen LogP contribution in [0.3, 0.4) is 0 Å². The van der Waals surface area contributed by atoms with E-state index in [0.717, 1.165) is 13.0 Å². The molecule has 1 nitrogen and oxygen atoms in total. The normalized spacial score (nSPS) is 16.9. The molecule has 1 heteroatoms. The second-order valence-corrected chi connectivity index (χ2v) is 2.57. The van der Waals surface area contributed by atoms with Crippen LogP contribution in [0.2, 0.25) is 0 Å². The molecule has 0 radical (unpaired) electrons. The Morgan fingerprint density at radius 1 is 1.30 bits per heavy atom. The number of allylic oxidation sites excluding steroid dienone is 4. The fraction of sp³-hybridized carbons (Fsp3) is 0.556. The van der Waals surface area contributed by atoms with Gasteiger partial charge in [-0.05, 0) is 18.8 Å². The highest BCUT2D eigenvalue weighted by atomic mass is 16.5. The Balaban J connectivity index is 2.03. The van der Waals surface area contributed by atoms with E-state index >= 15 is 0 Å². The minimum atomic E-state index is 0.676. The summed E-state index contributed by atoms with van der Waals surface area (Å²) >= 11 is 0. The van der Waals surface area contributed by atoms with Crippen molar-refractivity contribution in [3.8, 4) is 0 Å². The van der Waals surface area contributed by atoms with Gasteiger partial charge in [-0.15, -0.1) is 0 Å². The molecule has 1 aliphatic carbocycles. The molecule has 0 saturated carbocycles. The van der Waals surface area contributed by atoms with Gasteiger partial charge in [0.1, 0.15) is 0 Å². The predicted molar refractivity (Wildman–Crippen MR) is 42.9 cm³/mol. The van der Waals surface area contributed by atoms with Crippen LogP contribution in [0.25, 0.3) is 0 Å². The maximum absolute atomic E-state index is 4.95. The third kappa shape index (κ3) is 2.36. The van der Waals surface area contributed by atoms with Crippen LogP contribution in [0.15, 0.2) is 24.3 Å². The van der Waals surface area contributed by atoms with Crippen molar-refractivity contribution in [3.63, 3.8) is 0 Å². The molecule has 0 atom stereocenters. The van der Waals surface area contributed by atoms with Gasteiger partial charge >= 0.3 is 0 Å². The molecule has 0 aromatic carbocycles. The Hall–Kier alpha value is -0.560. The topological polar surface area (TPSA) is 9.23 Å². The van der Waals surface area contributed by atoms with E-state index in [-0.39, 0.29) is 0 Å². The van der Waals surface area contributed by atoms with E-state index in [4.69, 9.17) is 4.74 Å². The first-order chi connectivity index (χ1) is 4.93. The Morgan fingerprint density at radius 2 is 2.00 bits per heavy atom. The van der Waals surface area contributed by atoms with Crippen molar-refractivity contribution in [2.45, 2.75) is 12.8 Å². The van der Waals surface area contributed by atoms with Crippen LogP contribution >= 0.6 is 0 Å². The Kier molecular flexibility index (Phi) is 3.23. The molecule has 0 heterocycles. The van der Waals surface area contributed by atoms with E-state index in [2.05, 4.69) is 24.3 Å². The van der Waals surface area contributed by atoms with Gasteiger partial charge in [-0.3, -0.25) is 0 Å². The lowest BCUT2D eigenvalue weighted by Gasteiger charge is -2.02. The largest absolute Gasteiger partial charge is 0.385 e. The Bertz CT molecular complexity index is 124. The second kappa shape index (κ2) is 4.29. The van der Waals surface area contributed by atoms with Crippen molar-refractivity contribution in [2.75, 3.05) is 13.7 Å². The molecule has 56 valence electrons. The second-order valence-electron chi connectivity index (χ2n) is 2.57. The van der Waals surface area contributed by atoms with E-state index < -0.39 is 0 Å². The first-order valence-electron chi connectivity index (χ1n) is 3.77. The van der Waals surface area contributed by atoms with Crippen LogP contribution in [0.1, 0.15) is 12.8 Å². The summed E-state index contributed by atoms with van der Waals surface area (Å²) in [6, 6.07) is 0. The van der Waals surface area contributed by atoms with Crippen molar-refractivity contribution in [3.05, 3.63) is 24.3 Å². The number of ether oxygens (including phenoxy) is 1. The average molecular weight is 138 g/mol. The SMILES string of the molecule is COCCCC1C=CC=C1. The van der Waals surface area contributed by atoms with Gasteiger partial charge in [0.15, 0.2) is 0 Å². The first kappa shape index (κ1) is 7.55. The highest BCUT2D eigenvalue weighted by Crippen LogP contribution is 2.14. The summed E-state index contributed by atoms with van der Waals surface area (Å²) in [6.45, 7) is 0.887. The van der Waals surface area contributed by atoms with Gasteiger partial charge in [-0.2, -0.15) is 0 Å². The highest BCUT2D eigenvalue weighted by molar-refractivity contribution is 5.17. The maximum Gasteiger partial charge on any atom is 0.0462 e. The number of hydrogen-bond donors (Lipinski definition) is 0. The Morgan fingerprint density at radius 3 is 2.60 bits per heavy atom. The zero-order chi connectivity index (χ0) is 7.23. The van der Waals surface area contributed by atoms with E-state index in [1.54, 1.807) is 7.11 Å². The molecule has 0 saturated heterocycles. The molecule has 10 heavy (non-hydrogen) atoms. The van der Waals surface area contributed by atoms with Gasteiger partial charge in [0.25, 0.3) is 0 Å². The lowest BCUT2D eigenvalue weighted by atomic mass is 10.1. The fourth-order valence-electron chi connectivity index (χ4n) is 1.13. The fourth-order valence-corrected chi connectivity index (χ4v) is 1.13. The maximum atomic E-state index is 4.95. The van der Waals surface area contributed by atoms with Gasteiger partial charge in [-0.1, -0.05) is 24.3 Å². The average Bonchev–Trinajstić information content (AvgIpc) is 2.41. The molecule has 0 aromatic rings. The minimum absolute atomic E-state index is 0.676. The summed E-state index contributed by atoms with van der Waals surface area (Å²) in [5.41, 5.74) is 0. The van der Waals surface area contributed by atoms with Crippen LogP contribution in [0.5, 0.6) is 0 Å². The number of hydrogen-bond acceptors (Lipinski definition) is 1. The van der Waals surface area contributed by atoms with Gasteiger partial charge < -0.3 is 4.74 Å². The zero-order valence-electron chi connectivity index (χ0n) is 6.42. The molecule has 1 rings (SSSR count). The molecule has 0 amide bonds. The molecule has 0 fully saturated rings. The van der Waals surface area contributed by atoms with Gasteiger partial charge in [-0.25, -0.2) is 0 Å². The highest BCUT2D eigenvalue weighted by Gasteiger charge is 2.01. The molecular formula is C9H14O. The molecule has 0 spiro atoms. The van der Waals surface area contributed by atoms with Crippen LogP contribution < -0.4 is 0 Å². The molecule has 1 aliphatic rings. The molecule has 0 bridgehead atoms. The summed E-state index contributed by atoms with van der Waals surface area (Å²) in [5.74, 6) is 0.676. The van der Waals surface area contributed by atoms with Crippen molar-refractivity contribution in [1.82, 2.24) is 0 Å². The smallest absolute Gasteiger partial charge is 0.0462 e. The van der Waals surface area contributed by atoms with Gasteiger partial charge in [0.2, 0.25) is 0 Å². The third-order valence-corrected chi connectivity index (χ3v) is 1.71. The van der Waals surface area contributed by atoms with E-state index in [0.29, 0.717) is 5.92 Å². The zero-order valence-corrected chi connectivity index (χ0v) is 6.42. The summed E-state index contributed by atoms with van der Waals surface area (Å²) in [6.07, 6.45) is 11.1. The molecular weight excluding hydrogens is 124 g/mol. The molecule has 0 aliphatic heterocycles. The Labute approximate surface area is 62.4 Å². The van der Waals surface area contributed by atoms with Crippen molar-refractivity contribution in [2.24, 2.45) is 5.92 Å². The third-order valence-electron chi connectivity index (χ3n) is 1.71. The summed E-state index contributed by atoms with van der Waals surface area (Å²) in [5, 5.41) is 0. The van der Waals surface area contributed by atoms with Gasteiger partial charge in [0, 0.05) is 13.7 Å². The molecule has 0 N–H and O–H groups in total. The number of rotatable bonds is 4. The first-order valence-corrected chi connectivity index (χ1v) is 3.77. The molecule has 0 unspecified atom stereocenters. The van der Waals surface area contributed by atoms with E-state index in [1.807, 2.05) is 0 Å². The van der Waals surface area contributed by atoms with Gasteiger partial charge in [0.05, 0.1) is 0 Å². The number of methoxy groups -OCH3 is 1.